The monoisotopic (exact) mass is 187 g/mol. The summed E-state index contributed by atoms with van der Waals surface area (Å²) >= 11 is 0. The zero-order chi connectivity index (χ0) is 9.52. The summed E-state index contributed by atoms with van der Waals surface area (Å²) in [6.45, 7) is 1.48. The Morgan fingerprint density at radius 2 is 2.31 bits per heavy atom. The molecule has 0 bridgehead atoms. The standard InChI is InChI=1S/C8H17N3O2/c9-8(11-7-1-2-7)10-3-5-13-6-4-12/h7,12H,1-6H2,(H3,9,10,11). The second-order valence-electron chi connectivity index (χ2n) is 3.02. The molecule has 0 radical (unpaired) electrons. The lowest BCUT2D eigenvalue weighted by Gasteiger charge is -2.03. The Kier molecular flexibility index (Phi) is 4.56. The maximum atomic E-state index is 8.40. The van der Waals surface area contributed by atoms with Gasteiger partial charge in [0.2, 0.25) is 0 Å². The molecule has 76 valence electrons. The molecule has 5 nitrogen and oxygen atoms in total. The van der Waals surface area contributed by atoms with E-state index in [-0.39, 0.29) is 6.61 Å². The summed E-state index contributed by atoms with van der Waals surface area (Å²) in [5, 5.41) is 11.5. The summed E-state index contributed by atoms with van der Waals surface area (Å²) in [6, 6.07) is 0.544. The SMILES string of the molecule is NC(=NCCOCCO)NC1CC1. The second kappa shape index (κ2) is 5.77. The highest BCUT2D eigenvalue weighted by Gasteiger charge is 2.21. The Hall–Kier alpha value is -0.810. The fourth-order valence-electron chi connectivity index (χ4n) is 0.880. The molecule has 0 heterocycles. The normalized spacial score (nSPS) is 17.5. The smallest absolute Gasteiger partial charge is 0.188 e. The number of aliphatic hydroxyl groups excluding tert-OH is 1. The van der Waals surface area contributed by atoms with Gasteiger partial charge in [-0.1, -0.05) is 0 Å². The molecule has 0 aromatic rings. The summed E-state index contributed by atoms with van der Waals surface area (Å²) in [7, 11) is 0. The molecular formula is C8H17N3O2. The maximum Gasteiger partial charge on any atom is 0.188 e. The Labute approximate surface area is 78.0 Å². The predicted molar refractivity (Wildman–Crippen MR) is 50.6 cm³/mol. The van der Waals surface area contributed by atoms with E-state index in [1.807, 2.05) is 0 Å². The number of guanidine groups is 1. The first-order valence-corrected chi connectivity index (χ1v) is 4.58. The zero-order valence-electron chi connectivity index (χ0n) is 7.70. The Morgan fingerprint density at radius 3 is 2.92 bits per heavy atom. The fourth-order valence-corrected chi connectivity index (χ4v) is 0.880. The van der Waals surface area contributed by atoms with Crippen molar-refractivity contribution in [3.63, 3.8) is 0 Å². The third kappa shape index (κ3) is 5.43. The molecule has 1 aliphatic carbocycles. The number of ether oxygens (including phenoxy) is 1. The van der Waals surface area contributed by atoms with Crippen LogP contribution < -0.4 is 11.1 Å². The van der Waals surface area contributed by atoms with Crippen LogP contribution >= 0.6 is 0 Å². The number of aliphatic imine (C=N–C) groups is 1. The van der Waals surface area contributed by atoms with E-state index in [1.54, 1.807) is 0 Å². The molecule has 0 amide bonds. The van der Waals surface area contributed by atoms with Crippen molar-refractivity contribution in [1.29, 1.82) is 0 Å². The zero-order valence-corrected chi connectivity index (χ0v) is 7.70. The van der Waals surface area contributed by atoms with Gasteiger partial charge in [-0.3, -0.25) is 4.99 Å². The van der Waals surface area contributed by atoms with E-state index in [0.717, 1.165) is 0 Å². The van der Waals surface area contributed by atoms with Crippen LogP contribution in [0.5, 0.6) is 0 Å². The maximum absolute atomic E-state index is 8.40. The molecule has 13 heavy (non-hydrogen) atoms. The Balaban J connectivity index is 1.94. The molecule has 1 saturated carbocycles. The highest BCUT2D eigenvalue weighted by molar-refractivity contribution is 5.78. The third-order valence-corrected chi connectivity index (χ3v) is 1.68. The van der Waals surface area contributed by atoms with Crippen LogP contribution in [0.3, 0.4) is 0 Å². The van der Waals surface area contributed by atoms with Crippen molar-refractivity contribution < 1.29 is 9.84 Å². The lowest BCUT2D eigenvalue weighted by atomic mass is 10.6. The number of nitrogens with two attached hydrogens (primary N) is 1. The second-order valence-corrected chi connectivity index (χ2v) is 3.02. The summed E-state index contributed by atoms with van der Waals surface area (Å²) in [4.78, 5) is 4.05. The van der Waals surface area contributed by atoms with E-state index in [9.17, 15) is 0 Å². The van der Waals surface area contributed by atoms with E-state index < -0.39 is 0 Å². The van der Waals surface area contributed by atoms with Gasteiger partial charge in [0.15, 0.2) is 5.96 Å². The summed E-state index contributed by atoms with van der Waals surface area (Å²) < 4.78 is 5.01. The van der Waals surface area contributed by atoms with Crippen molar-refractivity contribution in [2.75, 3.05) is 26.4 Å². The quantitative estimate of drug-likeness (QED) is 0.285. The molecule has 1 fully saturated rings. The average molecular weight is 187 g/mol. The number of aliphatic hydroxyl groups is 1. The van der Waals surface area contributed by atoms with Gasteiger partial charge in [0.1, 0.15) is 0 Å². The molecule has 0 saturated heterocycles. The lowest BCUT2D eigenvalue weighted by Crippen LogP contribution is -2.33. The Bertz CT molecular complexity index is 169. The number of nitrogens with one attached hydrogen (secondary N) is 1. The molecule has 5 heteroatoms. The number of hydrogen-bond acceptors (Lipinski definition) is 3. The first-order chi connectivity index (χ1) is 6.33. The van der Waals surface area contributed by atoms with Gasteiger partial charge < -0.3 is 20.9 Å². The summed E-state index contributed by atoms with van der Waals surface area (Å²) in [6.07, 6.45) is 2.38. The van der Waals surface area contributed by atoms with Crippen LogP contribution in [-0.2, 0) is 4.74 Å². The van der Waals surface area contributed by atoms with E-state index in [4.69, 9.17) is 15.6 Å². The molecule has 0 unspecified atom stereocenters. The minimum Gasteiger partial charge on any atom is -0.394 e. The minimum absolute atomic E-state index is 0.0551. The Morgan fingerprint density at radius 1 is 1.54 bits per heavy atom. The lowest BCUT2D eigenvalue weighted by molar-refractivity contribution is 0.0977. The number of rotatable bonds is 6. The molecule has 0 aromatic carbocycles. The molecule has 1 aliphatic rings. The van der Waals surface area contributed by atoms with Crippen LogP contribution in [0, 0.1) is 0 Å². The van der Waals surface area contributed by atoms with E-state index in [2.05, 4.69) is 10.3 Å². The van der Waals surface area contributed by atoms with Gasteiger partial charge in [-0.15, -0.1) is 0 Å². The van der Waals surface area contributed by atoms with Gasteiger partial charge in [0, 0.05) is 6.04 Å². The van der Waals surface area contributed by atoms with Gasteiger partial charge in [-0.05, 0) is 12.8 Å². The minimum atomic E-state index is 0.0551. The van der Waals surface area contributed by atoms with Crippen LogP contribution in [0.1, 0.15) is 12.8 Å². The molecule has 0 aromatic heterocycles. The molecule has 0 spiro atoms. The van der Waals surface area contributed by atoms with Gasteiger partial charge in [-0.2, -0.15) is 0 Å². The van der Waals surface area contributed by atoms with Crippen molar-refractivity contribution in [1.82, 2.24) is 5.32 Å². The van der Waals surface area contributed by atoms with E-state index in [1.165, 1.54) is 12.8 Å². The average Bonchev–Trinajstić information content (AvgIpc) is 2.88. The van der Waals surface area contributed by atoms with Gasteiger partial charge in [0.05, 0.1) is 26.4 Å². The van der Waals surface area contributed by atoms with Crippen molar-refractivity contribution in [2.24, 2.45) is 10.7 Å². The highest BCUT2D eigenvalue weighted by atomic mass is 16.5. The fraction of sp³-hybridized carbons (Fsp3) is 0.875. The summed E-state index contributed by atoms with van der Waals surface area (Å²) in [5.41, 5.74) is 5.56. The molecule has 4 N–H and O–H groups in total. The highest BCUT2D eigenvalue weighted by Crippen LogP contribution is 2.17. The molecule has 0 aliphatic heterocycles. The molecule has 0 atom stereocenters. The molecule has 1 rings (SSSR count). The topological polar surface area (TPSA) is 79.9 Å². The predicted octanol–water partition coefficient (Wildman–Crippen LogP) is -0.938. The van der Waals surface area contributed by atoms with Gasteiger partial charge in [0.25, 0.3) is 0 Å². The first kappa shape index (κ1) is 10.3. The van der Waals surface area contributed by atoms with Crippen LogP contribution in [0.4, 0.5) is 0 Å². The first-order valence-electron chi connectivity index (χ1n) is 4.58. The van der Waals surface area contributed by atoms with Crippen LogP contribution in [-0.4, -0.2) is 43.5 Å². The van der Waals surface area contributed by atoms with Crippen molar-refractivity contribution in [2.45, 2.75) is 18.9 Å². The number of hydrogen-bond donors (Lipinski definition) is 3. The van der Waals surface area contributed by atoms with E-state index >= 15 is 0 Å². The summed E-state index contributed by atoms with van der Waals surface area (Å²) in [5.74, 6) is 0.495. The third-order valence-electron chi connectivity index (χ3n) is 1.68. The number of nitrogens with zero attached hydrogens (tertiary/aromatic N) is 1. The van der Waals surface area contributed by atoms with Crippen molar-refractivity contribution in [3.8, 4) is 0 Å². The molecular weight excluding hydrogens is 170 g/mol. The largest absolute Gasteiger partial charge is 0.394 e. The van der Waals surface area contributed by atoms with Crippen LogP contribution in [0.25, 0.3) is 0 Å². The van der Waals surface area contributed by atoms with Crippen molar-refractivity contribution >= 4 is 5.96 Å². The van der Waals surface area contributed by atoms with Gasteiger partial charge >= 0.3 is 0 Å². The van der Waals surface area contributed by atoms with Gasteiger partial charge in [-0.25, -0.2) is 0 Å². The van der Waals surface area contributed by atoms with Crippen LogP contribution in [0.15, 0.2) is 4.99 Å². The van der Waals surface area contributed by atoms with Crippen molar-refractivity contribution in [3.05, 3.63) is 0 Å². The van der Waals surface area contributed by atoms with E-state index in [0.29, 0.717) is 31.8 Å². The van der Waals surface area contributed by atoms with Crippen LogP contribution in [0.2, 0.25) is 0 Å².